The monoisotopic (exact) mass is 195 g/mol. The number of rotatable bonds is 2. The van der Waals surface area contributed by atoms with Gasteiger partial charge in [0.05, 0.1) is 12.4 Å². The van der Waals surface area contributed by atoms with Crippen molar-refractivity contribution in [2.75, 3.05) is 20.4 Å². The smallest absolute Gasteiger partial charge is 0.0989 e. The molecule has 0 unspecified atom stereocenters. The summed E-state index contributed by atoms with van der Waals surface area (Å²) in [6, 6.07) is 0. The van der Waals surface area contributed by atoms with Gasteiger partial charge in [-0.2, -0.15) is 5.10 Å². The highest BCUT2D eigenvalue weighted by atomic mass is 16.5. The van der Waals surface area contributed by atoms with Crippen molar-refractivity contribution in [1.29, 1.82) is 0 Å². The number of hydrogen-bond acceptors (Lipinski definition) is 3. The van der Waals surface area contributed by atoms with E-state index in [1.807, 2.05) is 0 Å². The zero-order valence-electron chi connectivity index (χ0n) is 8.84. The molecule has 0 saturated carbocycles. The van der Waals surface area contributed by atoms with Crippen LogP contribution in [0.4, 0.5) is 0 Å². The van der Waals surface area contributed by atoms with Crippen LogP contribution in [0.1, 0.15) is 23.4 Å². The molecule has 1 aliphatic heterocycles. The number of fused-ring (bicyclic) bond motifs is 1. The van der Waals surface area contributed by atoms with E-state index in [0.717, 1.165) is 19.5 Å². The molecule has 0 bridgehead atoms. The quantitative estimate of drug-likeness (QED) is 0.767. The van der Waals surface area contributed by atoms with E-state index >= 15 is 0 Å². The summed E-state index contributed by atoms with van der Waals surface area (Å²) in [4.78, 5) is 2.31. The van der Waals surface area contributed by atoms with E-state index in [2.05, 4.69) is 22.0 Å². The summed E-state index contributed by atoms with van der Waals surface area (Å²) in [5.41, 5.74) is 3.80. The molecule has 1 N–H and O–H groups in total. The number of aromatic nitrogens is 2. The van der Waals surface area contributed by atoms with Crippen LogP contribution in [0.25, 0.3) is 0 Å². The summed E-state index contributed by atoms with van der Waals surface area (Å²) < 4.78 is 5.16. The maximum atomic E-state index is 5.16. The van der Waals surface area contributed by atoms with Gasteiger partial charge in [0.15, 0.2) is 0 Å². The summed E-state index contributed by atoms with van der Waals surface area (Å²) in [6.45, 7) is 4.86. The average molecular weight is 195 g/mol. The van der Waals surface area contributed by atoms with Crippen LogP contribution in [-0.2, 0) is 17.7 Å². The molecule has 4 heteroatoms. The summed E-state index contributed by atoms with van der Waals surface area (Å²) in [6.07, 6.45) is 2.25. The summed E-state index contributed by atoms with van der Waals surface area (Å²) >= 11 is 0. The number of methoxy groups -OCH3 is 1. The summed E-state index contributed by atoms with van der Waals surface area (Å²) in [5, 5.41) is 7.37. The van der Waals surface area contributed by atoms with Crippen LogP contribution in [0, 0.1) is 6.92 Å². The zero-order valence-corrected chi connectivity index (χ0v) is 8.84. The van der Waals surface area contributed by atoms with Crippen molar-refractivity contribution in [3.05, 3.63) is 17.0 Å². The fraction of sp³-hybridized carbons (Fsp3) is 0.700. The molecule has 0 aromatic carbocycles. The Kier molecular flexibility index (Phi) is 2.84. The molecule has 14 heavy (non-hydrogen) atoms. The average Bonchev–Trinajstić information content (AvgIpc) is 2.41. The van der Waals surface area contributed by atoms with Crippen molar-refractivity contribution in [1.82, 2.24) is 15.1 Å². The highest BCUT2D eigenvalue weighted by Crippen LogP contribution is 2.18. The first-order chi connectivity index (χ1) is 6.81. The third-order valence-electron chi connectivity index (χ3n) is 2.74. The third kappa shape index (κ3) is 1.81. The number of nitrogens with one attached hydrogen (secondary N) is 1. The zero-order chi connectivity index (χ0) is 9.97. The van der Waals surface area contributed by atoms with E-state index in [9.17, 15) is 0 Å². The summed E-state index contributed by atoms with van der Waals surface area (Å²) in [7, 11) is 1.74. The van der Waals surface area contributed by atoms with E-state index in [4.69, 9.17) is 4.74 Å². The molecule has 1 aromatic heterocycles. The van der Waals surface area contributed by atoms with Crippen molar-refractivity contribution >= 4 is 0 Å². The van der Waals surface area contributed by atoms with E-state index < -0.39 is 0 Å². The molecule has 0 saturated heterocycles. The Morgan fingerprint density at radius 3 is 3.21 bits per heavy atom. The predicted octanol–water partition coefficient (Wildman–Crippen LogP) is 1.07. The topological polar surface area (TPSA) is 41.1 Å². The molecule has 2 heterocycles. The molecule has 0 spiro atoms. The van der Waals surface area contributed by atoms with Gasteiger partial charge in [0.1, 0.15) is 0 Å². The van der Waals surface area contributed by atoms with Gasteiger partial charge in [0.2, 0.25) is 0 Å². The van der Waals surface area contributed by atoms with Crippen molar-refractivity contribution in [2.24, 2.45) is 0 Å². The molecular weight excluding hydrogens is 178 g/mol. The fourth-order valence-electron chi connectivity index (χ4n) is 1.98. The van der Waals surface area contributed by atoms with Crippen LogP contribution >= 0.6 is 0 Å². The molecule has 0 radical (unpaired) electrons. The second-order valence-corrected chi connectivity index (χ2v) is 3.85. The summed E-state index contributed by atoms with van der Waals surface area (Å²) in [5.74, 6) is 0. The first-order valence-corrected chi connectivity index (χ1v) is 5.05. The number of aryl methyl sites for hydroxylation is 2. The van der Waals surface area contributed by atoms with Gasteiger partial charge in [0, 0.05) is 31.5 Å². The van der Waals surface area contributed by atoms with Gasteiger partial charge in [-0.3, -0.25) is 10.00 Å². The molecule has 0 amide bonds. The Bertz CT molecular complexity index is 308. The molecule has 0 fully saturated rings. The molecule has 78 valence electrons. The third-order valence-corrected chi connectivity index (χ3v) is 2.74. The first-order valence-electron chi connectivity index (χ1n) is 5.05. The standard InChI is InChI=1S/C10H17N3O/c1-8-9-6-13(7-14-2)5-3-4-10(9)12-11-8/h3-7H2,1-2H3,(H,11,12). The van der Waals surface area contributed by atoms with Crippen LogP contribution in [0.5, 0.6) is 0 Å². The molecule has 2 rings (SSSR count). The Labute approximate surface area is 84.3 Å². The highest BCUT2D eigenvalue weighted by molar-refractivity contribution is 5.25. The van der Waals surface area contributed by atoms with Gasteiger partial charge in [-0.15, -0.1) is 0 Å². The second-order valence-electron chi connectivity index (χ2n) is 3.85. The molecule has 1 aromatic rings. The Morgan fingerprint density at radius 2 is 2.43 bits per heavy atom. The number of nitrogens with zero attached hydrogens (tertiary/aromatic N) is 2. The van der Waals surface area contributed by atoms with E-state index in [1.165, 1.54) is 23.4 Å². The maximum absolute atomic E-state index is 5.16. The maximum Gasteiger partial charge on any atom is 0.0989 e. The lowest BCUT2D eigenvalue weighted by Crippen LogP contribution is -2.25. The van der Waals surface area contributed by atoms with Crippen LogP contribution in [-0.4, -0.2) is 35.5 Å². The van der Waals surface area contributed by atoms with Crippen molar-refractivity contribution < 1.29 is 4.74 Å². The second kappa shape index (κ2) is 4.11. The van der Waals surface area contributed by atoms with Crippen LogP contribution in [0.3, 0.4) is 0 Å². The number of hydrogen-bond donors (Lipinski definition) is 1. The van der Waals surface area contributed by atoms with E-state index in [1.54, 1.807) is 7.11 Å². The Balaban J connectivity index is 2.16. The lowest BCUT2D eigenvalue weighted by atomic mass is 10.1. The minimum atomic E-state index is 0.712. The number of ether oxygens (including phenoxy) is 1. The minimum absolute atomic E-state index is 0.712. The van der Waals surface area contributed by atoms with Crippen LogP contribution in [0.2, 0.25) is 0 Å². The molecule has 0 atom stereocenters. The first kappa shape index (κ1) is 9.68. The van der Waals surface area contributed by atoms with Crippen LogP contribution < -0.4 is 0 Å². The molecule has 1 aliphatic rings. The van der Waals surface area contributed by atoms with Gasteiger partial charge < -0.3 is 4.74 Å². The van der Waals surface area contributed by atoms with Crippen LogP contribution in [0.15, 0.2) is 0 Å². The molecular formula is C10H17N3O. The van der Waals surface area contributed by atoms with E-state index in [0.29, 0.717) is 6.73 Å². The Morgan fingerprint density at radius 1 is 1.57 bits per heavy atom. The van der Waals surface area contributed by atoms with Crippen molar-refractivity contribution in [3.63, 3.8) is 0 Å². The van der Waals surface area contributed by atoms with Gasteiger partial charge >= 0.3 is 0 Å². The Hall–Kier alpha value is -0.870. The van der Waals surface area contributed by atoms with E-state index in [-0.39, 0.29) is 0 Å². The molecule has 4 nitrogen and oxygen atoms in total. The van der Waals surface area contributed by atoms with Gasteiger partial charge in [-0.05, 0) is 19.8 Å². The lowest BCUT2D eigenvalue weighted by molar-refractivity contribution is 0.0589. The normalized spacial score (nSPS) is 17.9. The highest BCUT2D eigenvalue weighted by Gasteiger charge is 2.17. The van der Waals surface area contributed by atoms with Gasteiger partial charge in [-0.1, -0.05) is 0 Å². The minimum Gasteiger partial charge on any atom is -0.369 e. The fourth-order valence-corrected chi connectivity index (χ4v) is 1.98. The SMILES string of the molecule is COCN1CCCc2n[nH]c(C)c2C1. The van der Waals surface area contributed by atoms with Crippen molar-refractivity contribution in [3.8, 4) is 0 Å². The van der Waals surface area contributed by atoms with Gasteiger partial charge in [-0.25, -0.2) is 0 Å². The predicted molar refractivity (Wildman–Crippen MR) is 53.9 cm³/mol. The number of aromatic amines is 1. The van der Waals surface area contributed by atoms with Gasteiger partial charge in [0.25, 0.3) is 0 Å². The molecule has 0 aliphatic carbocycles. The lowest BCUT2D eigenvalue weighted by Gasteiger charge is -2.18. The number of H-pyrrole nitrogens is 1. The largest absolute Gasteiger partial charge is 0.369 e. The van der Waals surface area contributed by atoms with Crippen molar-refractivity contribution in [2.45, 2.75) is 26.3 Å².